The normalized spacial score (nSPS) is 10.4. The first-order valence-electron chi connectivity index (χ1n) is 9.11. The lowest BCUT2D eigenvalue weighted by molar-refractivity contribution is -0.255. The smallest absolute Gasteiger partial charge is 0.299 e. The second-order valence-electron chi connectivity index (χ2n) is 6.34. The van der Waals surface area contributed by atoms with Crippen LogP contribution < -0.4 is 20.7 Å². The van der Waals surface area contributed by atoms with Crippen LogP contribution in [-0.2, 0) is 0 Å². The third-order valence-electron chi connectivity index (χ3n) is 4.30. The van der Waals surface area contributed by atoms with Gasteiger partial charge in [-0.3, -0.25) is 4.79 Å². The summed E-state index contributed by atoms with van der Waals surface area (Å²) in [5.74, 6) is -0.487. The summed E-state index contributed by atoms with van der Waals surface area (Å²) in [6.45, 7) is 0. The molecular formula is C23H16N3O4-. The van der Waals surface area contributed by atoms with E-state index in [0.29, 0.717) is 17.1 Å². The number of aromatic nitrogens is 2. The van der Waals surface area contributed by atoms with Crippen LogP contribution >= 0.6 is 0 Å². The number of carboxylic acid groups (broad SMARTS) is 1. The van der Waals surface area contributed by atoms with E-state index in [1.807, 2.05) is 36.4 Å². The fourth-order valence-corrected chi connectivity index (χ4v) is 2.83. The van der Waals surface area contributed by atoms with E-state index >= 15 is 0 Å². The van der Waals surface area contributed by atoms with Crippen molar-refractivity contribution in [2.24, 2.45) is 0 Å². The maximum Gasteiger partial charge on any atom is 0.299 e. The molecule has 1 N–H and O–H groups in total. The van der Waals surface area contributed by atoms with Crippen molar-refractivity contribution >= 4 is 17.3 Å². The topological polar surface area (TPSA) is 96.3 Å². The number of carbonyl (C=O) groups excluding carboxylic acids is 1. The number of hydrogen-bond acceptors (Lipinski definition) is 6. The summed E-state index contributed by atoms with van der Waals surface area (Å²) in [6, 6.07) is 23.9. The minimum absolute atomic E-state index is 0.0396. The lowest BCUT2D eigenvalue weighted by Gasteiger charge is -2.15. The molecule has 30 heavy (non-hydrogen) atoms. The number of hydrogen-bond donors (Lipinski definition) is 1. The maximum absolute atomic E-state index is 13.2. The van der Waals surface area contributed by atoms with E-state index in [0.717, 1.165) is 0 Å². The van der Waals surface area contributed by atoms with Gasteiger partial charge in [0.05, 0.1) is 17.9 Å². The van der Waals surface area contributed by atoms with Gasteiger partial charge in [0.25, 0.3) is 5.56 Å². The van der Waals surface area contributed by atoms with Gasteiger partial charge in [-0.1, -0.05) is 48.5 Å². The highest BCUT2D eigenvalue weighted by molar-refractivity contribution is 5.86. The van der Waals surface area contributed by atoms with E-state index in [9.17, 15) is 14.7 Å². The summed E-state index contributed by atoms with van der Waals surface area (Å²) in [7, 11) is 0. The summed E-state index contributed by atoms with van der Waals surface area (Å²) in [4.78, 5) is 24.2. The van der Waals surface area contributed by atoms with Crippen LogP contribution in [-0.4, -0.2) is 15.7 Å². The molecule has 1 aromatic heterocycles. The van der Waals surface area contributed by atoms with E-state index in [1.54, 1.807) is 36.4 Å². The van der Waals surface area contributed by atoms with Crippen LogP contribution in [0, 0.1) is 0 Å². The number of rotatable bonds is 6. The molecular weight excluding hydrogens is 382 g/mol. The molecule has 0 aliphatic rings. The molecule has 0 unspecified atom stereocenters. The maximum atomic E-state index is 13.2. The van der Waals surface area contributed by atoms with Gasteiger partial charge in [0, 0.05) is 5.69 Å². The fourth-order valence-electron chi connectivity index (χ4n) is 2.83. The second-order valence-corrected chi connectivity index (χ2v) is 6.34. The van der Waals surface area contributed by atoms with Crippen LogP contribution in [0.4, 0.5) is 11.4 Å². The first kappa shape index (κ1) is 18.9. The Hall–Kier alpha value is -4.39. The minimum Gasteiger partial charge on any atom is -0.545 e. The molecule has 7 nitrogen and oxygen atoms in total. The van der Waals surface area contributed by atoms with Gasteiger partial charge in [-0.05, 0) is 42.0 Å². The predicted octanol–water partition coefficient (Wildman–Crippen LogP) is 3.13. The Bertz CT molecular complexity index is 1220. The van der Waals surface area contributed by atoms with E-state index in [2.05, 4.69) is 10.4 Å². The van der Waals surface area contributed by atoms with Gasteiger partial charge in [0.1, 0.15) is 5.75 Å². The number of nitrogens with one attached hydrogen (secondary N) is 1. The minimum atomic E-state index is -1.27. The number of aromatic carboxylic acids is 1. The number of anilines is 2. The molecule has 148 valence electrons. The first-order valence-corrected chi connectivity index (χ1v) is 9.11. The number of ether oxygens (including phenoxy) is 1. The molecule has 0 aliphatic carbocycles. The standard InChI is InChI=1S/C23H17N3O4/c27-22-21(25-17-13-11-16(12-14-17)23(28)29)20(30-19-9-5-2-6-10-19)15-24-26(22)18-7-3-1-4-8-18/h1-15,25H,(H,28,29)/p-1. The van der Waals surface area contributed by atoms with Crippen LogP contribution in [0.1, 0.15) is 10.4 Å². The Balaban J connectivity index is 1.77. The van der Waals surface area contributed by atoms with E-state index in [-0.39, 0.29) is 17.0 Å². The molecule has 3 aromatic carbocycles. The van der Waals surface area contributed by atoms with Gasteiger partial charge in [-0.15, -0.1) is 0 Å². The zero-order valence-electron chi connectivity index (χ0n) is 15.7. The van der Waals surface area contributed by atoms with E-state index in [4.69, 9.17) is 4.74 Å². The lowest BCUT2D eigenvalue weighted by Crippen LogP contribution is -2.24. The van der Waals surface area contributed by atoms with Gasteiger partial charge < -0.3 is 20.0 Å². The van der Waals surface area contributed by atoms with Crippen molar-refractivity contribution in [2.45, 2.75) is 0 Å². The molecule has 0 amide bonds. The van der Waals surface area contributed by atoms with Crippen molar-refractivity contribution in [3.05, 3.63) is 107 Å². The Morgan fingerprint density at radius 2 is 1.53 bits per heavy atom. The number of para-hydroxylation sites is 2. The SMILES string of the molecule is O=C([O-])c1ccc(Nc2c(Oc3ccccc3)cnn(-c3ccccc3)c2=O)cc1. The quantitative estimate of drug-likeness (QED) is 0.536. The zero-order chi connectivity index (χ0) is 20.9. The Kier molecular flexibility index (Phi) is 5.25. The van der Waals surface area contributed by atoms with Crippen LogP contribution in [0.25, 0.3) is 5.69 Å². The fraction of sp³-hybridized carbons (Fsp3) is 0. The molecule has 7 heteroatoms. The summed E-state index contributed by atoms with van der Waals surface area (Å²) >= 11 is 0. The van der Waals surface area contributed by atoms with Crippen molar-refractivity contribution in [3.8, 4) is 17.2 Å². The third-order valence-corrected chi connectivity index (χ3v) is 4.30. The van der Waals surface area contributed by atoms with Crippen molar-refractivity contribution in [1.29, 1.82) is 0 Å². The van der Waals surface area contributed by atoms with Crippen LogP contribution in [0.15, 0.2) is 95.9 Å². The van der Waals surface area contributed by atoms with Crippen LogP contribution in [0.3, 0.4) is 0 Å². The summed E-state index contributed by atoms with van der Waals surface area (Å²) in [5.41, 5.74) is 0.903. The number of nitrogens with zero attached hydrogens (tertiary/aromatic N) is 2. The van der Waals surface area contributed by atoms with Crippen molar-refractivity contribution < 1.29 is 14.6 Å². The second kappa shape index (κ2) is 8.32. The molecule has 4 rings (SSSR count). The van der Waals surface area contributed by atoms with Crippen molar-refractivity contribution in [3.63, 3.8) is 0 Å². The highest BCUT2D eigenvalue weighted by atomic mass is 16.5. The molecule has 0 radical (unpaired) electrons. The molecule has 0 fully saturated rings. The van der Waals surface area contributed by atoms with Gasteiger partial charge in [-0.2, -0.15) is 9.78 Å². The molecule has 0 saturated heterocycles. The molecule has 0 spiro atoms. The Labute approximate surface area is 171 Å². The van der Waals surface area contributed by atoms with Crippen LogP contribution in [0.5, 0.6) is 11.5 Å². The lowest BCUT2D eigenvalue weighted by atomic mass is 10.2. The largest absolute Gasteiger partial charge is 0.545 e. The van der Waals surface area contributed by atoms with Gasteiger partial charge in [-0.25, -0.2) is 0 Å². The number of benzene rings is 3. The predicted molar refractivity (Wildman–Crippen MR) is 110 cm³/mol. The number of carbonyl (C=O) groups is 1. The molecule has 1 heterocycles. The van der Waals surface area contributed by atoms with Gasteiger partial charge in [0.15, 0.2) is 11.4 Å². The Morgan fingerprint density at radius 1 is 0.900 bits per heavy atom. The van der Waals surface area contributed by atoms with Crippen molar-refractivity contribution in [2.75, 3.05) is 5.32 Å². The van der Waals surface area contributed by atoms with E-state index in [1.165, 1.54) is 23.0 Å². The number of carboxylic acids is 1. The zero-order valence-corrected chi connectivity index (χ0v) is 15.7. The third kappa shape index (κ3) is 4.05. The summed E-state index contributed by atoms with van der Waals surface area (Å²) in [5, 5.41) is 18.2. The molecule has 0 aliphatic heterocycles. The Morgan fingerprint density at radius 3 is 2.17 bits per heavy atom. The highest BCUT2D eigenvalue weighted by Gasteiger charge is 2.15. The molecule has 0 saturated carbocycles. The van der Waals surface area contributed by atoms with Crippen LogP contribution in [0.2, 0.25) is 0 Å². The summed E-state index contributed by atoms with van der Waals surface area (Å²) in [6.07, 6.45) is 1.46. The van der Waals surface area contributed by atoms with E-state index < -0.39 is 11.5 Å². The van der Waals surface area contributed by atoms with Gasteiger partial charge in [0.2, 0.25) is 0 Å². The molecule has 0 bridgehead atoms. The summed E-state index contributed by atoms with van der Waals surface area (Å²) < 4.78 is 7.13. The highest BCUT2D eigenvalue weighted by Crippen LogP contribution is 2.28. The monoisotopic (exact) mass is 398 g/mol. The first-order chi connectivity index (χ1) is 14.6. The van der Waals surface area contributed by atoms with Crippen molar-refractivity contribution in [1.82, 2.24) is 9.78 Å². The molecule has 0 atom stereocenters. The average Bonchev–Trinajstić information content (AvgIpc) is 2.78. The molecule has 4 aromatic rings. The average molecular weight is 398 g/mol. The van der Waals surface area contributed by atoms with Gasteiger partial charge >= 0.3 is 0 Å².